The van der Waals surface area contributed by atoms with Gasteiger partial charge in [0.25, 0.3) is 0 Å². The Labute approximate surface area is 148 Å². The first-order valence-electron chi connectivity index (χ1n) is 7.42. The Bertz CT molecular complexity index is 958. The number of aryl methyl sites for hydroxylation is 1. The normalized spacial score (nSPS) is 11.6. The molecule has 1 aromatic carbocycles. The van der Waals surface area contributed by atoms with Crippen molar-refractivity contribution in [2.75, 3.05) is 21.3 Å². The van der Waals surface area contributed by atoms with Crippen LogP contribution < -0.4 is 4.74 Å². The Morgan fingerprint density at radius 3 is 2.64 bits per heavy atom. The van der Waals surface area contributed by atoms with Gasteiger partial charge in [-0.15, -0.1) is 5.10 Å². The molecule has 0 atom stereocenters. The second-order valence-corrected chi connectivity index (χ2v) is 6.08. The fourth-order valence-electron chi connectivity index (χ4n) is 2.46. The lowest BCUT2D eigenvalue weighted by molar-refractivity contribution is -0.133. The molecule has 0 N–H and O–H groups in total. The zero-order valence-electron chi connectivity index (χ0n) is 14.3. The first-order chi connectivity index (χ1) is 12.1. The average Bonchev–Trinajstić information content (AvgIpc) is 3.18. The van der Waals surface area contributed by atoms with Crippen LogP contribution in [0.3, 0.4) is 0 Å². The number of rotatable bonds is 5. The molecule has 2 heterocycles. The number of para-hydroxylation sites is 1. The third-order valence-electron chi connectivity index (χ3n) is 3.65. The van der Waals surface area contributed by atoms with Crippen molar-refractivity contribution in [1.29, 1.82) is 0 Å². The quantitative estimate of drug-likeness (QED) is 0.396. The molecule has 0 aliphatic rings. The number of aromatic nitrogens is 3. The lowest BCUT2D eigenvalue weighted by Gasteiger charge is -2.05. The molecule has 130 valence electrons. The van der Waals surface area contributed by atoms with Crippen molar-refractivity contribution >= 4 is 27.8 Å². The summed E-state index contributed by atoms with van der Waals surface area (Å²) in [7, 11) is 4.42. The number of hydrogen-bond acceptors (Lipinski definition) is 7. The van der Waals surface area contributed by atoms with E-state index in [1.807, 2.05) is 31.2 Å². The first kappa shape index (κ1) is 17.0. The molecule has 7 nitrogen and oxygen atoms in total. The van der Waals surface area contributed by atoms with Crippen molar-refractivity contribution in [2.24, 2.45) is 0 Å². The van der Waals surface area contributed by atoms with E-state index in [0.717, 1.165) is 11.3 Å². The van der Waals surface area contributed by atoms with Gasteiger partial charge in [0.1, 0.15) is 11.3 Å². The van der Waals surface area contributed by atoms with Crippen LogP contribution in [-0.2, 0) is 14.3 Å². The highest BCUT2D eigenvalue weighted by atomic mass is 32.1. The van der Waals surface area contributed by atoms with Gasteiger partial charge in [0.2, 0.25) is 4.96 Å². The summed E-state index contributed by atoms with van der Waals surface area (Å²) in [5.41, 5.74) is 1.92. The van der Waals surface area contributed by atoms with E-state index >= 15 is 0 Å². The van der Waals surface area contributed by atoms with Gasteiger partial charge in [-0.05, 0) is 19.1 Å². The van der Waals surface area contributed by atoms with E-state index in [1.54, 1.807) is 11.6 Å². The van der Waals surface area contributed by atoms with E-state index in [-0.39, 0.29) is 0 Å². The predicted molar refractivity (Wildman–Crippen MR) is 94.6 cm³/mol. The van der Waals surface area contributed by atoms with Crippen LogP contribution in [0.1, 0.15) is 10.6 Å². The van der Waals surface area contributed by atoms with E-state index in [0.29, 0.717) is 27.0 Å². The molecule has 8 heteroatoms. The molecule has 0 unspecified atom stereocenters. The number of carbonyl (C=O) groups is 1. The maximum atomic E-state index is 12.0. The summed E-state index contributed by atoms with van der Waals surface area (Å²) in [6, 6.07) is 7.56. The zero-order valence-corrected chi connectivity index (χ0v) is 15.1. The fraction of sp³-hybridized carbons (Fsp3) is 0.235. The third kappa shape index (κ3) is 2.96. The van der Waals surface area contributed by atoms with E-state index < -0.39 is 5.97 Å². The van der Waals surface area contributed by atoms with Crippen LogP contribution >= 0.6 is 11.3 Å². The molecule has 2 aromatic heterocycles. The van der Waals surface area contributed by atoms with E-state index in [9.17, 15) is 4.79 Å². The minimum absolute atomic E-state index is 0.332. The number of thiazole rings is 1. The van der Waals surface area contributed by atoms with Crippen molar-refractivity contribution in [3.63, 3.8) is 0 Å². The van der Waals surface area contributed by atoms with Crippen molar-refractivity contribution < 1.29 is 19.0 Å². The van der Waals surface area contributed by atoms with Crippen LogP contribution in [0.2, 0.25) is 0 Å². The maximum Gasteiger partial charge on any atom is 0.342 e. The average molecular weight is 359 g/mol. The molecular formula is C17H17N3O4S. The van der Waals surface area contributed by atoms with Gasteiger partial charge in [-0.2, -0.15) is 4.98 Å². The summed E-state index contributed by atoms with van der Waals surface area (Å²) < 4.78 is 16.9. The summed E-state index contributed by atoms with van der Waals surface area (Å²) in [5, 5.41) is 4.56. The molecular weight excluding hydrogens is 342 g/mol. The summed E-state index contributed by atoms with van der Waals surface area (Å²) in [5.74, 6) is 0.793. The van der Waals surface area contributed by atoms with Crippen molar-refractivity contribution in [2.45, 2.75) is 6.92 Å². The molecule has 0 radical (unpaired) electrons. The van der Waals surface area contributed by atoms with Crippen LogP contribution in [0.25, 0.3) is 21.9 Å². The highest BCUT2D eigenvalue weighted by Gasteiger charge is 2.22. The van der Waals surface area contributed by atoms with Crippen molar-refractivity contribution in [3.05, 3.63) is 41.1 Å². The lowest BCUT2D eigenvalue weighted by Crippen LogP contribution is -2.05. The molecule has 0 saturated heterocycles. The lowest BCUT2D eigenvalue weighted by atomic mass is 10.2. The van der Waals surface area contributed by atoms with Gasteiger partial charge < -0.3 is 14.2 Å². The molecule has 0 aliphatic heterocycles. The number of nitrogens with zero attached hydrogens (tertiary/aromatic N) is 3. The van der Waals surface area contributed by atoms with Crippen LogP contribution in [-0.4, -0.2) is 41.9 Å². The minimum Gasteiger partial charge on any atom is -0.503 e. The molecule has 0 aliphatic carbocycles. The second kappa shape index (κ2) is 6.94. The van der Waals surface area contributed by atoms with Crippen molar-refractivity contribution in [1.82, 2.24) is 14.6 Å². The van der Waals surface area contributed by atoms with Gasteiger partial charge in [-0.1, -0.05) is 23.5 Å². The number of hydrogen-bond donors (Lipinski definition) is 0. The molecule has 0 fully saturated rings. The molecule has 3 aromatic rings. The second-order valence-electron chi connectivity index (χ2n) is 5.11. The topological polar surface area (TPSA) is 75.0 Å². The van der Waals surface area contributed by atoms with Crippen molar-refractivity contribution in [3.8, 4) is 17.1 Å². The standard InChI is InChI=1S/C17H17N3O4S/c1-10-14(12(9-22-2)16(21)24-4)25-17-18-15(19-20(10)17)11-7-5-6-8-13(11)23-3/h5-9H,1-4H3. The third-order valence-corrected chi connectivity index (χ3v) is 4.82. The van der Waals surface area contributed by atoms with Crippen LogP contribution in [0.4, 0.5) is 0 Å². The summed E-state index contributed by atoms with van der Waals surface area (Å²) in [4.78, 5) is 17.9. The highest BCUT2D eigenvalue weighted by Crippen LogP contribution is 2.33. The molecule has 0 saturated carbocycles. The Morgan fingerprint density at radius 2 is 2.00 bits per heavy atom. The maximum absolute atomic E-state index is 12.0. The van der Waals surface area contributed by atoms with E-state index in [1.165, 1.54) is 31.8 Å². The first-order valence-corrected chi connectivity index (χ1v) is 8.23. The van der Waals surface area contributed by atoms with Gasteiger partial charge in [-0.3, -0.25) is 0 Å². The summed E-state index contributed by atoms with van der Waals surface area (Å²) >= 11 is 1.34. The van der Waals surface area contributed by atoms with Crippen LogP contribution in [0.5, 0.6) is 5.75 Å². The summed E-state index contributed by atoms with van der Waals surface area (Å²) in [6.07, 6.45) is 1.37. The van der Waals surface area contributed by atoms with Crippen LogP contribution in [0.15, 0.2) is 30.5 Å². The van der Waals surface area contributed by atoms with E-state index in [4.69, 9.17) is 14.2 Å². The Balaban J connectivity index is 2.10. The zero-order chi connectivity index (χ0) is 18.0. The SMILES string of the molecule is COC=C(C(=O)OC)c1sc2nc(-c3ccccc3OC)nn2c1C. The molecule has 3 rings (SSSR count). The smallest absolute Gasteiger partial charge is 0.342 e. The molecule has 25 heavy (non-hydrogen) atoms. The Kier molecular flexibility index (Phi) is 4.71. The number of fused-ring (bicyclic) bond motifs is 1. The minimum atomic E-state index is -0.473. The Hall–Kier alpha value is -2.87. The van der Waals surface area contributed by atoms with Gasteiger partial charge in [0, 0.05) is 0 Å². The summed E-state index contributed by atoms with van der Waals surface area (Å²) in [6.45, 7) is 1.87. The number of carbonyl (C=O) groups excluding carboxylic acids is 1. The highest BCUT2D eigenvalue weighted by molar-refractivity contribution is 7.18. The molecule has 0 amide bonds. The van der Waals surface area contributed by atoms with Gasteiger partial charge >= 0.3 is 5.97 Å². The predicted octanol–water partition coefficient (Wildman–Crippen LogP) is 2.94. The number of ether oxygens (including phenoxy) is 3. The number of benzene rings is 1. The van der Waals surface area contributed by atoms with E-state index in [2.05, 4.69) is 10.1 Å². The molecule has 0 bridgehead atoms. The van der Waals surface area contributed by atoms with Gasteiger partial charge in [-0.25, -0.2) is 9.31 Å². The largest absolute Gasteiger partial charge is 0.503 e. The molecule has 0 spiro atoms. The monoisotopic (exact) mass is 359 g/mol. The number of methoxy groups -OCH3 is 3. The van der Waals surface area contributed by atoms with Crippen LogP contribution in [0, 0.1) is 6.92 Å². The van der Waals surface area contributed by atoms with Gasteiger partial charge in [0.05, 0.1) is 43.7 Å². The number of esters is 1. The Morgan fingerprint density at radius 1 is 1.24 bits per heavy atom. The van der Waals surface area contributed by atoms with Gasteiger partial charge in [0.15, 0.2) is 5.82 Å². The fourth-order valence-corrected chi connectivity index (χ4v) is 3.51.